The molecule has 32 heavy (non-hydrogen) atoms. The molecule has 2 aromatic carbocycles. The third-order valence-corrected chi connectivity index (χ3v) is 5.71. The van der Waals surface area contributed by atoms with Crippen LogP contribution in [0.15, 0.2) is 54.7 Å². The highest BCUT2D eigenvalue weighted by atomic mass is 16.5. The summed E-state index contributed by atoms with van der Waals surface area (Å²) >= 11 is 0. The summed E-state index contributed by atoms with van der Waals surface area (Å²) in [5.74, 6) is -0.949. The van der Waals surface area contributed by atoms with E-state index < -0.39 is 5.97 Å². The summed E-state index contributed by atoms with van der Waals surface area (Å²) in [5, 5.41) is 14.0. The summed E-state index contributed by atoms with van der Waals surface area (Å²) in [6.07, 6.45) is 2.21. The predicted octanol–water partition coefficient (Wildman–Crippen LogP) is 2.51. The molecule has 0 saturated carbocycles. The van der Waals surface area contributed by atoms with Gasteiger partial charge in [0.2, 0.25) is 0 Å². The van der Waals surface area contributed by atoms with Crippen molar-refractivity contribution in [3.05, 3.63) is 77.1 Å². The van der Waals surface area contributed by atoms with Crippen LogP contribution in [0.3, 0.4) is 0 Å². The van der Waals surface area contributed by atoms with E-state index in [2.05, 4.69) is 15.2 Å². The van der Waals surface area contributed by atoms with Gasteiger partial charge in [-0.25, -0.2) is 0 Å². The molecule has 0 atom stereocenters. The van der Waals surface area contributed by atoms with E-state index in [9.17, 15) is 9.59 Å². The maximum Gasteiger partial charge on any atom is 0.307 e. The number of benzene rings is 2. The Labute approximate surface area is 187 Å². The number of carbonyl (C=O) groups is 2. The Morgan fingerprint density at radius 1 is 1.03 bits per heavy atom. The lowest BCUT2D eigenvalue weighted by molar-refractivity contribution is -0.136. The van der Waals surface area contributed by atoms with Crippen molar-refractivity contribution in [1.29, 1.82) is 0 Å². The number of nitrogens with one attached hydrogen (secondary N) is 1. The number of carbonyl (C=O) groups excluding carboxylic acids is 1. The van der Waals surface area contributed by atoms with Crippen molar-refractivity contribution < 1.29 is 19.4 Å². The fourth-order valence-electron chi connectivity index (χ4n) is 3.98. The van der Waals surface area contributed by atoms with Gasteiger partial charge in [-0.1, -0.05) is 36.4 Å². The molecule has 1 fully saturated rings. The molecule has 4 rings (SSSR count). The second-order valence-electron chi connectivity index (χ2n) is 7.93. The van der Waals surface area contributed by atoms with Gasteiger partial charge < -0.3 is 15.2 Å². The summed E-state index contributed by atoms with van der Waals surface area (Å²) < 4.78 is 5.34. The molecule has 1 aromatic heterocycles. The lowest BCUT2D eigenvalue weighted by Gasteiger charge is -2.26. The summed E-state index contributed by atoms with van der Waals surface area (Å²) in [6.45, 7) is 4.75. The van der Waals surface area contributed by atoms with Crippen LogP contribution >= 0.6 is 0 Å². The van der Waals surface area contributed by atoms with Crippen molar-refractivity contribution in [2.45, 2.75) is 12.8 Å². The van der Waals surface area contributed by atoms with Gasteiger partial charge in [0.05, 0.1) is 25.3 Å². The number of hydrogen-bond acceptors (Lipinski definition) is 5. The molecule has 2 heterocycles. The van der Waals surface area contributed by atoms with E-state index in [0.29, 0.717) is 24.1 Å². The maximum absolute atomic E-state index is 12.4. The Bertz CT molecular complexity index is 1090. The highest BCUT2D eigenvalue weighted by molar-refractivity contribution is 5.94. The number of nitrogens with zero attached hydrogens (tertiary/aromatic N) is 2. The third-order valence-electron chi connectivity index (χ3n) is 5.71. The van der Waals surface area contributed by atoms with Crippen molar-refractivity contribution in [3.63, 3.8) is 0 Å². The second kappa shape index (κ2) is 10.3. The number of rotatable bonds is 8. The Morgan fingerprint density at radius 3 is 2.47 bits per heavy atom. The number of aromatic nitrogens is 1. The summed E-state index contributed by atoms with van der Waals surface area (Å²) in [5.41, 5.74) is 3.27. The van der Waals surface area contributed by atoms with Crippen LogP contribution in [0.5, 0.6) is 0 Å². The molecular weight excluding hydrogens is 406 g/mol. The maximum atomic E-state index is 12.4. The minimum atomic E-state index is -0.872. The van der Waals surface area contributed by atoms with E-state index in [1.54, 1.807) is 6.20 Å². The molecule has 0 radical (unpaired) electrons. The van der Waals surface area contributed by atoms with Gasteiger partial charge in [0, 0.05) is 49.7 Å². The number of hydrogen-bond donors (Lipinski definition) is 2. The van der Waals surface area contributed by atoms with Crippen LogP contribution < -0.4 is 5.32 Å². The molecule has 1 aliphatic rings. The van der Waals surface area contributed by atoms with Crippen molar-refractivity contribution in [1.82, 2.24) is 15.2 Å². The van der Waals surface area contributed by atoms with Gasteiger partial charge in [-0.15, -0.1) is 0 Å². The highest BCUT2D eigenvalue weighted by Crippen LogP contribution is 2.23. The fourth-order valence-corrected chi connectivity index (χ4v) is 3.98. The van der Waals surface area contributed by atoms with Crippen molar-refractivity contribution in [2.24, 2.45) is 0 Å². The molecule has 1 saturated heterocycles. The van der Waals surface area contributed by atoms with E-state index in [-0.39, 0.29) is 12.3 Å². The first-order valence-electron chi connectivity index (χ1n) is 10.8. The number of ether oxygens (including phenoxy) is 1. The molecule has 1 aliphatic heterocycles. The van der Waals surface area contributed by atoms with E-state index in [4.69, 9.17) is 9.84 Å². The first kappa shape index (κ1) is 21.9. The van der Waals surface area contributed by atoms with Gasteiger partial charge >= 0.3 is 5.97 Å². The van der Waals surface area contributed by atoms with Crippen molar-refractivity contribution >= 4 is 22.6 Å². The van der Waals surface area contributed by atoms with E-state index in [1.165, 1.54) is 0 Å². The number of amides is 1. The topological polar surface area (TPSA) is 91.8 Å². The zero-order chi connectivity index (χ0) is 22.3. The normalized spacial score (nSPS) is 14.4. The van der Waals surface area contributed by atoms with Gasteiger partial charge in [-0.3, -0.25) is 19.5 Å². The second-order valence-corrected chi connectivity index (χ2v) is 7.93. The van der Waals surface area contributed by atoms with E-state index in [0.717, 1.165) is 54.9 Å². The molecule has 0 spiro atoms. The van der Waals surface area contributed by atoms with Gasteiger partial charge in [0.1, 0.15) is 0 Å². The van der Waals surface area contributed by atoms with Crippen LogP contribution in [0, 0.1) is 0 Å². The summed E-state index contributed by atoms with van der Waals surface area (Å²) in [7, 11) is 0. The van der Waals surface area contributed by atoms with Crippen LogP contribution in [0.25, 0.3) is 10.8 Å². The number of aliphatic carboxylic acids is 1. The number of morpholine rings is 1. The molecule has 166 valence electrons. The summed E-state index contributed by atoms with van der Waals surface area (Å²) in [6, 6.07) is 15.3. The molecule has 1 amide bonds. The number of fused-ring (bicyclic) bond motifs is 1. The standard InChI is InChI=1S/C25H27N3O4/c29-24(30)16-20-17-27-23(22-4-2-1-3-21(20)22)15-18-5-7-19(8-6-18)25(31)26-9-10-28-11-13-32-14-12-28/h1-8,17H,9-16H2,(H,26,31)(H,29,30). The molecule has 7 nitrogen and oxygen atoms in total. The van der Waals surface area contributed by atoms with E-state index >= 15 is 0 Å². The lowest BCUT2D eigenvalue weighted by atomic mass is 9.99. The van der Waals surface area contributed by atoms with Crippen LogP contribution in [-0.4, -0.2) is 66.3 Å². The van der Waals surface area contributed by atoms with Crippen LogP contribution in [0.4, 0.5) is 0 Å². The van der Waals surface area contributed by atoms with Crippen molar-refractivity contribution in [2.75, 3.05) is 39.4 Å². The van der Waals surface area contributed by atoms with Gasteiger partial charge in [-0.05, 0) is 28.6 Å². The zero-order valence-corrected chi connectivity index (χ0v) is 17.9. The van der Waals surface area contributed by atoms with Gasteiger partial charge in [-0.2, -0.15) is 0 Å². The smallest absolute Gasteiger partial charge is 0.307 e. The SMILES string of the molecule is O=C(O)Cc1cnc(Cc2ccc(C(=O)NCCN3CCOCC3)cc2)c2ccccc12. The Morgan fingerprint density at radius 2 is 1.75 bits per heavy atom. The average Bonchev–Trinajstić information content (AvgIpc) is 2.81. The largest absolute Gasteiger partial charge is 0.481 e. The Hall–Kier alpha value is -3.29. The van der Waals surface area contributed by atoms with Crippen LogP contribution in [0.2, 0.25) is 0 Å². The number of pyridine rings is 1. The van der Waals surface area contributed by atoms with Gasteiger partial charge in [0.25, 0.3) is 5.91 Å². The zero-order valence-electron chi connectivity index (χ0n) is 17.9. The highest BCUT2D eigenvalue weighted by Gasteiger charge is 2.13. The minimum Gasteiger partial charge on any atom is -0.481 e. The molecule has 7 heteroatoms. The molecule has 0 aliphatic carbocycles. The van der Waals surface area contributed by atoms with Gasteiger partial charge in [0.15, 0.2) is 0 Å². The first-order valence-corrected chi connectivity index (χ1v) is 10.8. The van der Waals surface area contributed by atoms with E-state index in [1.807, 2.05) is 48.5 Å². The molecule has 0 unspecified atom stereocenters. The number of carboxylic acids is 1. The monoisotopic (exact) mass is 433 g/mol. The summed E-state index contributed by atoms with van der Waals surface area (Å²) in [4.78, 5) is 30.4. The quantitative estimate of drug-likeness (QED) is 0.567. The molecule has 0 bridgehead atoms. The Balaban J connectivity index is 1.39. The third kappa shape index (κ3) is 5.49. The van der Waals surface area contributed by atoms with Crippen molar-refractivity contribution in [3.8, 4) is 0 Å². The molecular formula is C25H27N3O4. The minimum absolute atomic E-state index is 0.0524. The molecule has 2 N–H and O–H groups in total. The number of carboxylic acid groups (broad SMARTS) is 1. The first-order chi connectivity index (χ1) is 15.6. The predicted molar refractivity (Wildman–Crippen MR) is 122 cm³/mol. The van der Waals surface area contributed by atoms with Crippen LogP contribution in [-0.2, 0) is 22.4 Å². The Kier molecular flexibility index (Phi) is 7.09. The fraction of sp³-hybridized carbons (Fsp3) is 0.320. The van der Waals surface area contributed by atoms with Crippen LogP contribution in [0.1, 0.15) is 27.2 Å². The average molecular weight is 434 g/mol. The lowest BCUT2D eigenvalue weighted by Crippen LogP contribution is -2.41. The molecule has 3 aromatic rings.